The van der Waals surface area contributed by atoms with Gasteiger partial charge in [-0.15, -0.1) is 13.0 Å². The number of ether oxygens (including phenoxy) is 2. The molecular weight excluding hydrogens is 851 g/mol. The molecule has 2 unspecified atom stereocenters. The second kappa shape index (κ2) is 22.9. The Balaban J connectivity index is 0.00000176. The van der Waals surface area contributed by atoms with Gasteiger partial charge in [-0.05, 0) is 118 Å². The minimum Gasteiger partial charge on any atom is -0.464 e. The fraction of sp³-hybridized carbons (Fsp3) is 0.254. The maximum absolute atomic E-state index is 6.26. The zero-order valence-corrected chi connectivity index (χ0v) is 42.8. The van der Waals surface area contributed by atoms with E-state index in [-0.39, 0.29) is 16.7 Å². The first-order valence-corrected chi connectivity index (χ1v) is 25.4. The van der Waals surface area contributed by atoms with Gasteiger partial charge >= 0.3 is 0 Å². The minimum absolute atomic E-state index is 0.125. The summed E-state index contributed by atoms with van der Waals surface area (Å²) in [6, 6.07) is 28.7. The van der Waals surface area contributed by atoms with Crippen molar-refractivity contribution in [3.05, 3.63) is 234 Å². The molecule has 0 fully saturated rings. The van der Waals surface area contributed by atoms with Crippen molar-refractivity contribution in [3.8, 4) is 40.3 Å². The quantitative estimate of drug-likeness (QED) is 0.0627. The smallest absolute Gasteiger partial charge is 0.142 e. The molecule has 3 heteroatoms. The number of anilines is 1. The highest BCUT2D eigenvalue weighted by molar-refractivity contribution is 5.88. The topological polar surface area (TPSA) is 30.5 Å². The average molecular weight is 922 g/mol. The van der Waals surface area contributed by atoms with E-state index in [1.165, 1.54) is 44.5 Å². The molecule has 70 heavy (non-hydrogen) atoms. The molecule has 2 heterocycles. The summed E-state index contributed by atoms with van der Waals surface area (Å²) in [6.07, 6.45) is 43.8. The van der Waals surface area contributed by atoms with Crippen LogP contribution in [0.1, 0.15) is 122 Å². The summed E-state index contributed by atoms with van der Waals surface area (Å²) in [5.74, 6) is 5.93. The van der Waals surface area contributed by atoms with Crippen LogP contribution < -0.4 is 10.1 Å². The van der Waals surface area contributed by atoms with Crippen LogP contribution in [0.3, 0.4) is 0 Å². The van der Waals surface area contributed by atoms with Gasteiger partial charge in [0.15, 0.2) is 0 Å². The van der Waals surface area contributed by atoms with Gasteiger partial charge in [0.2, 0.25) is 0 Å². The van der Waals surface area contributed by atoms with Gasteiger partial charge < -0.3 is 14.8 Å². The number of rotatable bonds is 13. The van der Waals surface area contributed by atoms with Gasteiger partial charge in [-0.2, -0.15) is 0 Å². The summed E-state index contributed by atoms with van der Waals surface area (Å²) in [4.78, 5) is 0. The van der Waals surface area contributed by atoms with Gasteiger partial charge in [-0.3, -0.25) is 0 Å². The van der Waals surface area contributed by atoms with Crippen molar-refractivity contribution < 1.29 is 9.47 Å². The minimum atomic E-state index is -0.200. The Morgan fingerprint density at radius 3 is 2.39 bits per heavy atom. The molecule has 4 aromatic carbocycles. The highest BCUT2D eigenvalue weighted by atomic mass is 16.5. The monoisotopic (exact) mass is 922 g/mol. The number of hydrogen-bond acceptors (Lipinski definition) is 3. The molecule has 3 nitrogen and oxygen atoms in total. The van der Waals surface area contributed by atoms with Gasteiger partial charge in [0.05, 0.1) is 11.8 Å². The molecule has 9 rings (SSSR count). The number of fused-ring (bicyclic) bond motifs is 4. The van der Waals surface area contributed by atoms with Crippen molar-refractivity contribution in [2.24, 2.45) is 11.3 Å². The van der Waals surface area contributed by atoms with Crippen LogP contribution in [-0.4, -0.2) is 0 Å². The molecule has 0 radical (unpaired) electrons. The fourth-order valence-electron chi connectivity index (χ4n) is 9.78. The number of nitrogens with one attached hydrogen (secondary N) is 1. The van der Waals surface area contributed by atoms with E-state index in [4.69, 9.17) is 15.9 Å². The molecule has 356 valence electrons. The van der Waals surface area contributed by atoms with E-state index in [0.717, 1.165) is 94.9 Å². The maximum atomic E-state index is 6.26. The van der Waals surface area contributed by atoms with E-state index < -0.39 is 0 Å². The van der Waals surface area contributed by atoms with E-state index in [1.807, 2.05) is 52.0 Å². The third-order valence-electron chi connectivity index (χ3n) is 13.6. The molecule has 0 saturated heterocycles. The van der Waals surface area contributed by atoms with Crippen molar-refractivity contribution in [3.63, 3.8) is 0 Å². The molecule has 0 aromatic heterocycles. The van der Waals surface area contributed by atoms with E-state index in [1.54, 1.807) is 6.26 Å². The standard InChI is InChI=1S/C63H59NO2.2C2H6/c1-8-11-13-23-59-55-32-27-48(40-60(55)66-59)50(42-64-51-29-24-45(25-30-51)53-22-16-21-52-43(4)18-14-15-37-65-61(52)53)34-36-63(7)35-17-20-49(41-63)46-28-33-57-56(38-46)54-31-26-47(39-58(54)62(57,5)6)44(10-3)19-12-9-2;2*1-2/h3,8,14-39,42,48,64H,1,4,9,11-13,40-41H2,2,5-7H3;2*1-2H3/b18-14-,36-34-,37-15-,44-19+,50-42+,59-23-;;. The summed E-state index contributed by atoms with van der Waals surface area (Å²) in [5.41, 5.74) is 17.1. The van der Waals surface area contributed by atoms with E-state index in [9.17, 15) is 0 Å². The highest BCUT2D eigenvalue weighted by Crippen LogP contribution is 2.51. The summed E-state index contributed by atoms with van der Waals surface area (Å²) in [5, 5.41) is 3.66. The number of unbranched alkanes of at least 4 members (excludes halogenated alkanes) is 2. The van der Waals surface area contributed by atoms with Crippen molar-refractivity contribution in [2.75, 3.05) is 5.32 Å². The Kier molecular flexibility index (Phi) is 16.5. The number of terminal acetylenes is 1. The Morgan fingerprint density at radius 2 is 1.63 bits per heavy atom. The van der Waals surface area contributed by atoms with Crippen LogP contribution in [0, 0.1) is 23.7 Å². The Hall–Kier alpha value is -7.28. The molecule has 5 aliphatic rings. The van der Waals surface area contributed by atoms with E-state index in [0.29, 0.717) is 0 Å². The largest absolute Gasteiger partial charge is 0.464 e. The van der Waals surface area contributed by atoms with Crippen LogP contribution in [0.15, 0.2) is 206 Å². The first-order valence-electron chi connectivity index (χ1n) is 25.4. The maximum Gasteiger partial charge on any atom is 0.142 e. The second-order valence-electron chi connectivity index (χ2n) is 18.7. The van der Waals surface area contributed by atoms with Crippen LogP contribution >= 0.6 is 0 Å². The lowest BCUT2D eigenvalue weighted by Gasteiger charge is -2.32. The van der Waals surface area contributed by atoms with Gasteiger partial charge in [-0.1, -0.05) is 196 Å². The number of benzene rings is 4. The van der Waals surface area contributed by atoms with Crippen LogP contribution in [0.4, 0.5) is 5.69 Å². The summed E-state index contributed by atoms with van der Waals surface area (Å²) >= 11 is 0. The highest BCUT2D eigenvalue weighted by Gasteiger charge is 2.36. The Labute approximate surface area is 420 Å². The average Bonchev–Trinajstić information content (AvgIpc) is 3.60. The zero-order valence-electron chi connectivity index (χ0n) is 42.8. The molecule has 0 saturated carbocycles. The molecular formula is C67H71NO2. The third-order valence-corrected chi connectivity index (χ3v) is 13.6. The first-order chi connectivity index (χ1) is 34.1. The van der Waals surface area contributed by atoms with Crippen LogP contribution in [0.5, 0.6) is 5.75 Å². The van der Waals surface area contributed by atoms with Gasteiger partial charge in [0, 0.05) is 51.8 Å². The molecule has 0 amide bonds. The lowest BCUT2D eigenvalue weighted by Crippen LogP contribution is -2.19. The van der Waals surface area contributed by atoms with Crippen molar-refractivity contribution in [1.82, 2.24) is 0 Å². The Morgan fingerprint density at radius 1 is 0.843 bits per heavy atom. The van der Waals surface area contributed by atoms with Crippen LogP contribution in [-0.2, 0) is 10.2 Å². The van der Waals surface area contributed by atoms with Crippen molar-refractivity contribution in [2.45, 2.75) is 99.3 Å². The van der Waals surface area contributed by atoms with Gasteiger partial charge in [0.25, 0.3) is 0 Å². The van der Waals surface area contributed by atoms with E-state index >= 15 is 0 Å². The summed E-state index contributed by atoms with van der Waals surface area (Å²) < 4.78 is 12.4. The summed E-state index contributed by atoms with van der Waals surface area (Å²) in [7, 11) is 0. The number of para-hydroxylation sites is 1. The SMILES string of the molecule is C#C/C(=C\CCC)c1ccc2c(c1)C(C)(C)c1ccc(C3=CC=CC(C)(/C=C\C(=C/Nc4ccc(-c5cccc6c5O/C=C\C=C/C6=C)cc4)C4C=CC5=C(C4)O/C5=C\CCC=C)C3)cc1-2.CC.CC. The molecule has 3 aliphatic carbocycles. The van der Waals surface area contributed by atoms with E-state index in [2.05, 4.69) is 192 Å². The predicted molar refractivity (Wildman–Crippen MR) is 302 cm³/mol. The predicted octanol–water partition coefficient (Wildman–Crippen LogP) is 18.6. The second-order valence-corrected chi connectivity index (χ2v) is 18.7. The normalized spacial score (nSPS) is 20.7. The van der Waals surface area contributed by atoms with Gasteiger partial charge in [-0.25, -0.2) is 0 Å². The molecule has 0 spiro atoms. The first kappa shape index (κ1) is 50.6. The summed E-state index contributed by atoms with van der Waals surface area (Å²) in [6.45, 7) is 25.3. The molecule has 2 atom stereocenters. The van der Waals surface area contributed by atoms with Gasteiger partial charge in [0.1, 0.15) is 17.3 Å². The van der Waals surface area contributed by atoms with Crippen LogP contribution in [0.2, 0.25) is 0 Å². The van der Waals surface area contributed by atoms with Crippen LogP contribution in [0.25, 0.3) is 39.0 Å². The lowest BCUT2D eigenvalue weighted by atomic mass is 9.76. The molecule has 2 aliphatic heterocycles. The fourth-order valence-corrected chi connectivity index (χ4v) is 9.78. The number of hydrogen-bond donors (Lipinski definition) is 1. The third kappa shape index (κ3) is 10.8. The van der Waals surface area contributed by atoms with Crippen molar-refractivity contribution in [1.29, 1.82) is 0 Å². The lowest BCUT2D eigenvalue weighted by molar-refractivity contribution is 0.237. The number of allylic oxidation sites excluding steroid dienone is 18. The zero-order chi connectivity index (χ0) is 49.8. The molecule has 0 bridgehead atoms. The molecule has 4 aromatic rings. The molecule has 1 N–H and O–H groups in total. The van der Waals surface area contributed by atoms with Crippen molar-refractivity contribution >= 4 is 22.4 Å². The Bertz CT molecular complexity index is 2970.